The Hall–Kier alpha value is -0.720. The fourth-order valence-corrected chi connectivity index (χ4v) is 0.450. The maximum atomic E-state index is 8.24. The van der Waals surface area contributed by atoms with Crippen molar-refractivity contribution < 1.29 is 0 Å². The van der Waals surface area contributed by atoms with Crippen LogP contribution in [-0.2, 0) is 0 Å². The predicted molar refractivity (Wildman–Crippen MR) is 44.4 cm³/mol. The normalized spacial score (nSPS) is 12.9. The summed E-state index contributed by atoms with van der Waals surface area (Å²) in [5, 5.41) is 8.24. The molecule has 0 saturated heterocycles. The zero-order valence-corrected chi connectivity index (χ0v) is 6.73. The highest BCUT2D eigenvalue weighted by atomic mass is 35.5. The van der Waals surface area contributed by atoms with Crippen molar-refractivity contribution in [2.75, 3.05) is 6.67 Å². The van der Waals surface area contributed by atoms with Gasteiger partial charge in [-0.2, -0.15) is 5.26 Å². The molecular weight excluding hydrogens is 173 g/mol. The highest BCUT2D eigenvalue weighted by Crippen LogP contribution is 1.90. The van der Waals surface area contributed by atoms with Gasteiger partial charge in [0.15, 0.2) is 6.19 Å². The summed E-state index contributed by atoms with van der Waals surface area (Å²) in [6, 6.07) is 0. The number of halogens is 2. The van der Waals surface area contributed by atoms with Crippen LogP contribution in [0.25, 0.3) is 0 Å². The second-order valence-corrected chi connectivity index (χ2v) is 1.38. The molecule has 0 saturated carbocycles. The van der Waals surface area contributed by atoms with Crippen molar-refractivity contribution >= 4 is 31.0 Å². The SMILES string of the molecule is Cl.Cl.N#CN1C=CC=NC1. The van der Waals surface area contributed by atoms with Crippen molar-refractivity contribution in [1.82, 2.24) is 4.90 Å². The molecule has 0 atom stereocenters. The van der Waals surface area contributed by atoms with Crippen LogP contribution in [0.15, 0.2) is 17.3 Å². The first-order valence-corrected chi connectivity index (χ1v) is 2.26. The van der Waals surface area contributed by atoms with Crippen LogP contribution < -0.4 is 0 Å². The lowest BCUT2D eigenvalue weighted by molar-refractivity contribution is 0.539. The van der Waals surface area contributed by atoms with Gasteiger partial charge in [-0.3, -0.25) is 9.89 Å². The summed E-state index contributed by atoms with van der Waals surface area (Å²) in [6.07, 6.45) is 7.03. The van der Waals surface area contributed by atoms with Gasteiger partial charge in [0.1, 0.15) is 6.67 Å². The van der Waals surface area contributed by atoms with E-state index in [1.807, 2.05) is 6.19 Å². The highest BCUT2D eigenvalue weighted by molar-refractivity contribution is 5.85. The molecule has 0 aliphatic carbocycles. The molecule has 3 nitrogen and oxygen atoms in total. The first kappa shape index (κ1) is 12.0. The maximum absolute atomic E-state index is 8.24. The van der Waals surface area contributed by atoms with E-state index >= 15 is 0 Å². The molecule has 0 amide bonds. The van der Waals surface area contributed by atoms with E-state index in [2.05, 4.69) is 4.99 Å². The fraction of sp³-hybridized carbons (Fsp3) is 0.200. The largest absolute Gasteiger partial charge is 0.271 e. The number of hydrogen-bond acceptors (Lipinski definition) is 3. The Bertz CT molecular complexity index is 170. The van der Waals surface area contributed by atoms with E-state index in [1.54, 1.807) is 18.5 Å². The molecule has 0 aromatic heterocycles. The molecular formula is C5H7Cl2N3. The second kappa shape index (κ2) is 6.40. The van der Waals surface area contributed by atoms with E-state index in [0.29, 0.717) is 6.67 Å². The van der Waals surface area contributed by atoms with Crippen molar-refractivity contribution in [3.05, 3.63) is 12.3 Å². The van der Waals surface area contributed by atoms with Crippen molar-refractivity contribution in [3.8, 4) is 6.19 Å². The van der Waals surface area contributed by atoms with Crippen LogP contribution in [0.1, 0.15) is 0 Å². The molecule has 0 spiro atoms. The van der Waals surface area contributed by atoms with E-state index in [9.17, 15) is 0 Å². The minimum Gasteiger partial charge on any atom is -0.271 e. The number of allylic oxidation sites excluding steroid dienone is 1. The van der Waals surface area contributed by atoms with Crippen LogP contribution in [0.2, 0.25) is 0 Å². The number of hydrogen-bond donors (Lipinski definition) is 0. The van der Waals surface area contributed by atoms with E-state index < -0.39 is 0 Å². The Morgan fingerprint density at radius 1 is 1.50 bits per heavy atom. The van der Waals surface area contributed by atoms with Crippen LogP contribution in [0, 0.1) is 11.5 Å². The maximum Gasteiger partial charge on any atom is 0.185 e. The summed E-state index contributed by atoms with van der Waals surface area (Å²) in [6.45, 7) is 0.465. The molecule has 1 rings (SSSR count). The van der Waals surface area contributed by atoms with Crippen molar-refractivity contribution in [2.45, 2.75) is 0 Å². The first-order chi connectivity index (χ1) is 3.93. The molecule has 0 aromatic carbocycles. The molecule has 0 N–H and O–H groups in total. The molecule has 1 aliphatic heterocycles. The number of aliphatic imine (C=N–C) groups is 1. The Morgan fingerprint density at radius 3 is 2.50 bits per heavy atom. The lowest BCUT2D eigenvalue weighted by atomic mass is 10.6. The topological polar surface area (TPSA) is 39.4 Å². The Labute approximate surface area is 71.9 Å². The summed E-state index contributed by atoms with van der Waals surface area (Å²) in [7, 11) is 0. The average molecular weight is 180 g/mol. The number of nitriles is 1. The Morgan fingerprint density at radius 2 is 2.20 bits per heavy atom. The first-order valence-electron chi connectivity index (χ1n) is 2.26. The quantitative estimate of drug-likeness (QED) is 0.525. The molecule has 0 aromatic rings. The molecule has 10 heavy (non-hydrogen) atoms. The Balaban J connectivity index is 0. The standard InChI is InChI=1S/C5H5N3.2ClH/c6-4-8-3-1-2-7-5-8;;/h1-3H,5H2;2*1H. The van der Waals surface area contributed by atoms with E-state index in [0.717, 1.165) is 0 Å². The fourth-order valence-electron chi connectivity index (χ4n) is 0.450. The Kier molecular flexibility index (Phi) is 7.68. The van der Waals surface area contributed by atoms with Gasteiger partial charge >= 0.3 is 0 Å². The van der Waals surface area contributed by atoms with Gasteiger partial charge in [-0.25, -0.2) is 0 Å². The molecule has 0 bridgehead atoms. The number of rotatable bonds is 0. The molecule has 56 valence electrons. The van der Waals surface area contributed by atoms with Crippen LogP contribution in [0.5, 0.6) is 0 Å². The van der Waals surface area contributed by atoms with Gasteiger partial charge in [-0.15, -0.1) is 24.8 Å². The van der Waals surface area contributed by atoms with Crippen molar-refractivity contribution in [3.63, 3.8) is 0 Å². The third-order valence-electron chi connectivity index (χ3n) is 0.820. The minimum absolute atomic E-state index is 0. The van der Waals surface area contributed by atoms with Gasteiger partial charge < -0.3 is 0 Å². The van der Waals surface area contributed by atoms with Crippen LogP contribution in [0.3, 0.4) is 0 Å². The molecule has 0 unspecified atom stereocenters. The third-order valence-corrected chi connectivity index (χ3v) is 0.820. The zero-order chi connectivity index (χ0) is 5.82. The zero-order valence-electron chi connectivity index (χ0n) is 5.10. The summed E-state index contributed by atoms with van der Waals surface area (Å²) in [4.78, 5) is 5.27. The summed E-state index contributed by atoms with van der Waals surface area (Å²) >= 11 is 0. The molecule has 1 aliphatic rings. The van der Waals surface area contributed by atoms with Gasteiger partial charge in [-0.1, -0.05) is 0 Å². The monoisotopic (exact) mass is 179 g/mol. The smallest absolute Gasteiger partial charge is 0.185 e. The van der Waals surface area contributed by atoms with E-state index in [-0.39, 0.29) is 24.8 Å². The number of nitrogens with zero attached hydrogens (tertiary/aromatic N) is 3. The molecule has 0 radical (unpaired) electrons. The summed E-state index contributed by atoms with van der Waals surface area (Å²) < 4.78 is 0. The van der Waals surface area contributed by atoms with E-state index in [1.165, 1.54) is 4.90 Å². The second-order valence-electron chi connectivity index (χ2n) is 1.38. The lowest BCUT2D eigenvalue weighted by Crippen LogP contribution is -2.11. The van der Waals surface area contributed by atoms with Gasteiger partial charge in [0.05, 0.1) is 0 Å². The summed E-state index contributed by atoms with van der Waals surface area (Å²) in [5.41, 5.74) is 0. The van der Waals surface area contributed by atoms with Crippen LogP contribution in [0.4, 0.5) is 0 Å². The van der Waals surface area contributed by atoms with Gasteiger partial charge in [0, 0.05) is 12.4 Å². The van der Waals surface area contributed by atoms with Crippen LogP contribution in [-0.4, -0.2) is 17.8 Å². The molecule has 5 heteroatoms. The predicted octanol–water partition coefficient (Wildman–Crippen LogP) is 1.17. The van der Waals surface area contributed by atoms with Crippen LogP contribution >= 0.6 is 24.8 Å². The van der Waals surface area contributed by atoms with Gasteiger partial charge in [-0.05, 0) is 6.08 Å². The summed E-state index contributed by atoms with van der Waals surface area (Å²) in [5.74, 6) is 0. The van der Waals surface area contributed by atoms with Gasteiger partial charge in [0.25, 0.3) is 0 Å². The average Bonchev–Trinajstić information content (AvgIpc) is 1.90. The van der Waals surface area contributed by atoms with Crippen molar-refractivity contribution in [1.29, 1.82) is 5.26 Å². The molecule has 1 heterocycles. The van der Waals surface area contributed by atoms with Crippen molar-refractivity contribution in [2.24, 2.45) is 4.99 Å². The highest BCUT2D eigenvalue weighted by Gasteiger charge is 1.93. The third kappa shape index (κ3) is 3.33. The minimum atomic E-state index is 0. The molecule has 0 fully saturated rings. The lowest BCUT2D eigenvalue weighted by Gasteiger charge is -2.06. The van der Waals surface area contributed by atoms with Gasteiger partial charge in [0.2, 0.25) is 0 Å². The van der Waals surface area contributed by atoms with E-state index in [4.69, 9.17) is 5.26 Å².